The molecule has 0 spiro atoms. The van der Waals surface area contributed by atoms with Gasteiger partial charge in [-0.05, 0) is 25.7 Å². The SMILES string of the molecule is Cc1c(C(=O)NCC(NC(=O)C2=COCCO2)C2CCCCC2)nnn1C. The van der Waals surface area contributed by atoms with Crippen LogP contribution in [0.15, 0.2) is 12.0 Å². The van der Waals surface area contributed by atoms with Crippen LogP contribution in [0, 0.1) is 12.8 Å². The number of nitrogens with one attached hydrogen (secondary N) is 2. The molecule has 9 heteroatoms. The summed E-state index contributed by atoms with van der Waals surface area (Å²) in [6.45, 7) is 2.92. The molecule has 0 saturated heterocycles. The minimum Gasteiger partial charge on any atom is -0.494 e. The van der Waals surface area contributed by atoms with Crippen molar-refractivity contribution in [3.8, 4) is 0 Å². The van der Waals surface area contributed by atoms with Crippen molar-refractivity contribution in [3.05, 3.63) is 23.4 Å². The van der Waals surface area contributed by atoms with Crippen molar-refractivity contribution in [1.29, 1.82) is 0 Å². The Morgan fingerprint density at radius 3 is 2.67 bits per heavy atom. The molecular formula is C18H27N5O4. The maximum atomic E-state index is 12.5. The van der Waals surface area contributed by atoms with Crippen molar-refractivity contribution in [3.63, 3.8) is 0 Å². The second kappa shape index (κ2) is 8.88. The highest BCUT2D eigenvalue weighted by molar-refractivity contribution is 5.93. The van der Waals surface area contributed by atoms with Gasteiger partial charge in [-0.2, -0.15) is 0 Å². The number of nitrogens with zero attached hydrogens (tertiary/aromatic N) is 3. The fourth-order valence-electron chi connectivity index (χ4n) is 3.50. The first-order chi connectivity index (χ1) is 13.1. The van der Waals surface area contributed by atoms with Gasteiger partial charge in [0, 0.05) is 19.6 Å². The lowest BCUT2D eigenvalue weighted by molar-refractivity contribution is -0.123. The number of carbonyl (C=O) groups excluding carboxylic acids is 2. The van der Waals surface area contributed by atoms with Crippen LogP contribution in [0.5, 0.6) is 0 Å². The van der Waals surface area contributed by atoms with Crippen molar-refractivity contribution in [2.45, 2.75) is 45.1 Å². The van der Waals surface area contributed by atoms with Gasteiger partial charge in [0.2, 0.25) is 5.76 Å². The molecule has 9 nitrogen and oxygen atoms in total. The van der Waals surface area contributed by atoms with Crippen LogP contribution in [0.4, 0.5) is 0 Å². The van der Waals surface area contributed by atoms with E-state index in [1.54, 1.807) is 18.7 Å². The third kappa shape index (κ3) is 4.78. The first-order valence-electron chi connectivity index (χ1n) is 9.46. The Hall–Kier alpha value is -2.58. The van der Waals surface area contributed by atoms with Crippen molar-refractivity contribution in [2.75, 3.05) is 19.8 Å². The van der Waals surface area contributed by atoms with Gasteiger partial charge < -0.3 is 20.1 Å². The lowest BCUT2D eigenvalue weighted by Crippen LogP contribution is -2.49. The standard InChI is InChI=1S/C18H27N5O4/c1-12-16(21-22-23(12)2)18(25)19-10-14(13-6-4-3-5-7-13)20-17(24)15-11-26-8-9-27-15/h11,13-14H,3-10H2,1-2H3,(H,19,25)(H,20,24). The van der Waals surface area contributed by atoms with Crippen LogP contribution in [-0.4, -0.2) is 52.6 Å². The van der Waals surface area contributed by atoms with E-state index in [0.29, 0.717) is 37.1 Å². The molecule has 2 aliphatic rings. The average molecular weight is 377 g/mol. The van der Waals surface area contributed by atoms with Crippen LogP contribution in [0.3, 0.4) is 0 Å². The summed E-state index contributed by atoms with van der Waals surface area (Å²) < 4.78 is 12.1. The van der Waals surface area contributed by atoms with E-state index in [9.17, 15) is 9.59 Å². The summed E-state index contributed by atoms with van der Waals surface area (Å²) in [6.07, 6.45) is 6.89. The molecular weight excluding hydrogens is 350 g/mol. The molecule has 2 heterocycles. The molecule has 2 N–H and O–H groups in total. The highest BCUT2D eigenvalue weighted by Crippen LogP contribution is 2.26. The van der Waals surface area contributed by atoms with E-state index >= 15 is 0 Å². The van der Waals surface area contributed by atoms with E-state index < -0.39 is 0 Å². The number of carbonyl (C=O) groups is 2. The Labute approximate surface area is 158 Å². The number of aromatic nitrogens is 3. The molecule has 2 amide bonds. The Bertz CT molecular complexity index is 709. The molecule has 0 radical (unpaired) electrons. The highest BCUT2D eigenvalue weighted by atomic mass is 16.6. The van der Waals surface area contributed by atoms with Gasteiger partial charge >= 0.3 is 0 Å². The Balaban J connectivity index is 1.64. The molecule has 1 fully saturated rings. The fourth-order valence-corrected chi connectivity index (χ4v) is 3.50. The van der Waals surface area contributed by atoms with Gasteiger partial charge in [-0.3, -0.25) is 14.3 Å². The minimum absolute atomic E-state index is 0.176. The molecule has 0 aromatic carbocycles. The quantitative estimate of drug-likeness (QED) is 0.760. The monoisotopic (exact) mass is 377 g/mol. The van der Waals surface area contributed by atoms with E-state index in [1.165, 1.54) is 12.7 Å². The van der Waals surface area contributed by atoms with Crippen molar-refractivity contribution in [2.24, 2.45) is 13.0 Å². The second-order valence-corrected chi connectivity index (χ2v) is 7.04. The van der Waals surface area contributed by atoms with Crippen molar-refractivity contribution in [1.82, 2.24) is 25.6 Å². The van der Waals surface area contributed by atoms with Crippen LogP contribution >= 0.6 is 0 Å². The van der Waals surface area contributed by atoms with Crippen LogP contribution < -0.4 is 10.6 Å². The molecule has 1 aliphatic heterocycles. The van der Waals surface area contributed by atoms with Crippen LogP contribution in [0.2, 0.25) is 0 Å². The molecule has 3 rings (SSSR count). The summed E-state index contributed by atoms with van der Waals surface area (Å²) in [4.78, 5) is 25.0. The maximum absolute atomic E-state index is 12.5. The number of aryl methyl sites for hydroxylation is 1. The van der Waals surface area contributed by atoms with Gasteiger partial charge in [-0.15, -0.1) is 5.10 Å². The average Bonchev–Trinajstić information content (AvgIpc) is 3.04. The van der Waals surface area contributed by atoms with Gasteiger partial charge in [0.25, 0.3) is 11.8 Å². The van der Waals surface area contributed by atoms with Gasteiger partial charge in [-0.1, -0.05) is 24.5 Å². The predicted octanol–water partition coefficient (Wildman–Crippen LogP) is 0.807. The zero-order valence-electron chi connectivity index (χ0n) is 15.9. The third-order valence-electron chi connectivity index (χ3n) is 5.21. The van der Waals surface area contributed by atoms with Crippen molar-refractivity contribution < 1.29 is 19.1 Å². The van der Waals surface area contributed by atoms with E-state index in [0.717, 1.165) is 25.7 Å². The maximum Gasteiger partial charge on any atom is 0.289 e. The molecule has 1 aromatic rings. The summed E-state index contributed by atoms with van der Waals surface area (Å²) >= 11 is 0. The molecule has 1 atom stereocenters. The van der Waals surface area contributed by atoms with E-state index in [4.69, 9.17) is 9.47 Å². The van der Waals surface area contributed by atoms with Gasteiger partial charge in [0.15, 0.2) is 5.69 Å². The van der Waals surface area contributed by atoms with E-state index in [1.807, 2.05) is 0 Å². The van der Waals surface area contributed by atoms with Crippen LogP contribution in [0.1, 0.15) is 48.3 Å². The number of amides is 2. The topological polar surface area (TPSA) is 107 Å². The molecule has 27 heavy (non-hydrogen) atoms. The minimum atomic E-state index is -0.310. The number of ether oxygens (including phenoxy) is 2. The smallest absolute Gasteiger partial charge is 0.289 e. The predicted molar refractivity (Wildman–Crippen MR) is 96.6 cm³/mol. The van der Waals surface area contributed by atoms with Crippen LogP contribution in [-0.2, 0) is 21.3 Å². The lowest BCUT2D eigenvalue weighted by Gasteiger charge is -2.31. The molecule has 148 valence electrons. The Morgan fingerprint density at radius 1 is 1.26 bits per heavy atom. The summed E-state index contributed by atoms with van der Waals surface area (Å²) in [6, 6.07) is -0.176. The number of hydrogen-bond donors (Lipinski definition) is 2. The zero-order valence-corrected chi connectivity index (χ0v) is 15.9. The number of rotatable bonds is 6. The van der Waals surface area contributed by atoms with Gasteiger partial charge in [-0.25, -0.2) is 0 Å². The van der Waals surface area contributed by atoms with Gasteiger partial charge in [0.05, 0.1) is 5.69 Å². The van der Waals surface area contributed by atoms with E-state index in [2.05, 4.69) is 20.9 Å². The summed E-state index contributed by atoms with van der Waals surface area (Å²) in [5.74, 6) is -0.100. The number of hydrogen-bond acceptors (Lipinski definition) is 6. The zero-order chi connectivity index (χ0) is 19.2. The first kappa shape index (κ1) is 19.2. The summed E-state index contributed by atoms with van der Waals surface area (Å²) in [5, 5.41) is 13.7. The highest BCUT2D eigenvalue weighted by Gasteiger charge is 2.28. The Kier molecular flexibility index (Phi) is 6.31. The normalized spacial score (nSPS) is 18.7. The van der Waals surface area contributed by atoms with E-state index in [-0.39, 0.29) is 23.6 Å². The molecule has 1 saturated carbocycles. The third-order valence-corrected chi connectivity index (χ3v) is 5.21. The molecule has 0 bridgehead atoms. The first-order valence-corrected chi connectivity index (χ1v) is 9.46. The Morgan fingerprint density at radius 2 is 2.04 bits per heavy atom. The lowest BCUT2D eigenvalue weighted by atomic mass is 9.83. The summed E-state index contributed by atoms with van der Waals surface area (Å²) in [7, 11) is 1.74. The van der Waals surface area contributed by atoms with Crippen molar-refractivity contribution >= 4 is 11.8 Å². The van der Waals surface area contributed by atoms with Gasteiger partial charge in [0.1, 0.15) is 19.5 Å². The fraction of sp³-hybridized carbons (Fsp3) is 0.667. The summed E-state index contributed by atoms with van der Waals surface area (Å²) in [5.41, 5.74) is 1.00. The second-order valence-electron chi connectivity index (χ2n) is 7.04. The molecule has 1 aliphatic carbocycles. The molecule has 1 aromatic heterocycles. The van der Waals surface area contributed by atoms with Crippen LogP contribution in [0.25, 0.3) is 0 Å². The molecule has 1 unspecified atom stereocenters. The largest absolute Gasteiger partial charge is 0.494 e.